The summed E-state index contributed by atoms with van der Waals surface area (Å²) >= 11 is 3.43. The lowest BCUT2D eigenvalue weighted by Crippen LogP contribution is -2.48. The van der Waals surface area contributed by atoms with Gasteiger partial charge in [0.25, 0.3) is 0 Å². The first-order valence-corrected chi connectivity index (χ1v) is 7.53. The van der Waals surface area contributed by atoms with Crippen LogP contribution in [0.1, 0.15) is 25.8 Å². The van der Waals surface area contributed by atoms with E-state index in [0.717, 1.165) is 30.4 Å². The van der Waals surface area contributed by atoms with Gasteiger partial charge in [0.05, 0.1) is 5.92 Å². The molecule has 0 aliphatic carbocycles. The van der Waals surface area contributed by atoms with Crippen molar-refractivity contribution in [2.75, 3.05) is 13.1 Å². The number of hydrogen-bond donors (Lipinski definition) is 2. The predicted molar refractivity (Wildman–Crippen MR) is 88.3 cm³/mol. The lowest BCUT2D eigenvalue weighted by molar-refractivity contribution is -0.126. The van der Waals surface area contributed by atoms with Crippen LogP contribution in [0, 0.1) is 5.92 Å². The molecule has 0 aromatic heterocycles. The SMILES string of the molecule is CC(C)(Cc1ccc(Br)cc1)NC(=O)C1CCNC1.Cl. The van der Waals surface area contributed by atoms with E-state index in [0.29, 0.717) is 0 Å². The number of benzene rings is 1. The molecule has 0 radical (unpaired) electrons. The van der Waals surface area contributed by atoms with Gasteiger partial charge < -0.3 is 10.6 Å². The number of amides is 1. The van der Waals surface area contributed by atoms with Crippen LogP contribution in [0.15, 0.2) is 28.7 Å². The Morgan fingerprint density at radius 1 is 1.40 bits per heavy atom. The van der Waals surface area contributed by atoms with Crippen LogP contribution in [0.2, 0.25) is 0 Å². The normalized spacial score (nSPS) is 18.4. The largest absolute Gasteiger partial charge is 0.351 e. The van der Waals surface area contributed by atoms with Gasteiger partial charge in [0, 0.05) is 16.6 Å². The standard InChI is InChI=1S/C15H21BrN2O.ClH/c1-15(2,9-11-3-5-13(16)6-4-11)18-14(19)12-7-8-17-10-12;/h3-6,12,17H,7-10H2,1-2H3,(H,18,19);1H. The number of rotatable bonds is 4. The molecule has 1 fully saturated rings. The topological polar surface area (TPSA) is 41.1 Å². The van der Waals surface area contributed by atoms with Crippen molar-refractivity contribution in [2.45, 2.75) is 32.2 Å². The van der Waals surface area contributed by atoms with E-state index in [1.807, 2.05) is 12.1 Å². The van der Waals surface area contributed by atoms with E-state index in [9.17, 15) is 4.79 Å². The molecule has 1 amide bonds. The summed E-state index contributed by atoms with van der Waals surface area (Å²) in [5.41, 5.74) is 1.02. The number of hydrogen-bond acceptors (Lipinski definition) is 2. The van der Waals surface area contributed by atoms with Crippen LogP contribution in [-0.4, -0.2) is 24.5 Å². The van der Waals surface area contributed by atoms with Gasteiger partial charge in [-0.2, -0.15) is 0 Å². The summed E-state index contributed by atoms with van der Waals surface area (Å²) in [5.74, 6) is 0.302. The summed E-state index contributed by atoms with van der Waals surface area (Å²) < 4.78 is 1.08. The summed E-state index contributed by atoms with van der Waals surface area (Å²) in [6, 6.07) is 8.26. The molecule has 1 aliphatic heterocycles. The maximum Gasteiger partial charge on any atom is 0.224 e. The molecule has 1 aromatic rings. The Balaban J connectivity index is 0.00000200. The van der Waals surface area contributed by atoms with Crippen molar-refractivity contribution in [1.29, 1.82) is 0 Å². The molecule has 1 aliphatic rings. The molecular formula is C15H22BrClN2O. The highest BCUT2D eigenvalue weighted by atomic mass is 79.9. The minimum absolute atomic E-state index is 0. The zero-order valence-electron chi connectivity index (χ0n) is 11.9. The first-order valence-electron chi connectivity index (χ1n) is 6.73. The molecule has 112 valence electrons. The fourth-order valence-electron chi connectivity index (χ4n) is 2.47. The lowest BCUT2D eigenvalue weighted by Gasteiger charge is -2.28. The summed E-state index contributed by atoms with van der Waals surface area (Å²) in [4.78, 5) is 12.1. The maximum absolute atomic E-state index is 12.1. The second kappa shape index (κ2) is 7.43. The second-order valence-electron chi connectivity index (χ2n) is 5.87. The van der Waals surface area contributed by atoms with E-state index in [2.05, 4.69) is 52.5 Å². The van der Waals surface area contributed by atoms with Crippen molar-refractivity contribution in [2.24, 2.45) is 5.92 Å². The zero-order valence-corrected chi connectivity index (χ0v) is 14.3. The second-order valence-corrected chi connectivity index (χ2v) is 6.78. The summed E-state index contributed by atoms with van der Waals surface area (Å²) in [5, 5.41) is 6.40. The average molecular weight is 362 g/mol. The Labute approximate surface area is 135 Å². The van der Waals surface area contributed by atoms with E-state index in [4.69, 9.17) is 0 Å². The van der Waals surface area contributed by atoms with Crippen molar-refractivity contribution in [3.8, 4) is 0 Å². The van der Waals surface area contributed by atoms with Crippen molar-refractivity contribution in [1.82, 2.24) is 10.6 Å². The van der Waals surface area contributed by atoms with Crippen LogP contribution in [0.5, 0.6) is 0 Å². The number of carbonyl (C=O) groups excluding carboxylic acids is 1. The molecule has 1 saturated heterocycles. The zero-order chi connectivity index (χ0) is 13.9. The molecule has 1 atom stereocenters. The molecule has 2 rings (SSSR count). The van der Waals surface area contributed by atoms with Crippen LogP contribution in [0.4, 0.5) is 0 Å². The van der Waals surface area contributed by atoms with E-state index in [-0.39, 0.29) is 29.8 Å². The van der Waals surface area contributed by atoms with Crippen LogP contribution in [-0.2, 0) is 11.2 Å². The molecule has 20 heavy (non-hydrogen) atoms. The molecule has 5 heteroatoms. The van der Waals surface area contributed by atoms with Gasteiger partial charge >= 0.3 is 0 Å². The number of halogens is 2. The van der Waals surface area contributed by atoms with Gasteiger partial charge in [-0.3, -0.25) is 4.79 Å². The summed E-state index contributed by atoms with van der Waals surface area (Å²) in [6.07, 6.45) is 1.78. The highest BCUT2D eigenvalue weighted by Crippen LogP contribution is 2.17. The van der Waals surface area contributed by atoms with Gasteiger partial charge in [-0.05, 0) is 50.9 Å². The number of nitrogens with one attached hydrogen (secondary N) is 2. The monoisotopic (exact) mass is 360 g/mol. The minimum Gasteiger partial charge on any atom is -0.351 e. The lowest BCUT2D eigenvalue weighted by atomic mass is 9.94. The molecule has 1 unspecified atom stereocenters. The van der Waals surface area contributed by atoms with Crippen molar-refractivity contribution < 1.29 is 4.79 Å². The molecule has 1 aromatic carbocycles. The Morgan fingerprint density at radius 2 is 2.05 bits per heavy atom. The van der Waals surface area contributed by atoms with Crippen molar-refractivity contribution >= 4 is 34.2 Å². The van der Waals surface area contributed by atoms with E-state index in [1.165, 1.54) is 5.56 Å². The first kappa shape index (κ1) is 17.5. The van der Waals surface area contributed by atoms with Crippen molar-refractivity contribution in [3.05, 3.63) is 34.3 Å². The third-order valence-electron chi connectivity index (χ3n) is 3.45. The minimum atomic E-state index is -0.215. The van der Waals surface area contributed by atoms with E-state index < -0.39 is 0 Å². The third kappa shape index (κ3) is 5.08. The fourth-order valence-corrected chi connectivity index (χ4v) is 2.74. The smallest absolute Gasteiger partial charge is 0.224 e. The third-order valence-corrected chi connectivity index (χ3v) is 3.98. The van der Waals surface area contributed by atoms with Gasteiger partial charge in [-0.15, -0.1) is 12.4 Å². The van der Waals surface area contributed by atoms with Crippen molar-refractivity contribution in [3.63, 3.8) is 0 Å². The molecule has 0 spiro atoms. The quantitative estimate of drug-likeness (QED) is 0.866. The van der Waals surface area contributed by atoms with Crippen LogP contribution >= 0.6 is 28.3 Å². The Bertz CT molecular complexity index is 442. The molecule has 2 N–H and O–H groups in total. The Hall–Kier alpha value is -0.580. The highest BCUT2D eigenvalue weighted by molar-refractivity contribution is 9.10. The van der Waals surface area contributed by atoms with Gasteiger partial charge in [-0.1, -0.05) is 28.1 Å². The highest BCUT2D eigenvalue weighted by Gasteiger charge is 2.27. The molecule has 0 saturated carbocycles. The van der Waals surface area contributed by atoms with Gasteiger partial charge in [0.1, 0.15) is 0 Å². The average Bonchev–Trinajstić information content (AvgIpc) is 2.85. The maximum atomic E-state index is 12.1. The number of carbonyl (C=O) groups is 1. The van der Waals surface area contributed by atoms with Gasteiger partial charge in [0.15, 0.2) is 0 Å². The molecule has 1 heterocycles. The fraction of sp³-hybridized carbons (Fsp3) is 0.533. The van der Waals surface area contributed by atoms with Crippen LogP contribution in [0.3, 0.4) is 0 Å². The van der Waals surface area contributed by atoms with Crippen LogP contribution in [0.25, 0.3) is 0 Å². The Morgan fingerprint density at radius 3 is 2.60 bits per heavy atom. The molecular weight excluding hydrogens is 340 g/mol. The van der Waals surface area contributed by atoms with Gasteiger partial charge in [-0.25, -0.2) is 0 Å². The van der Waals surface area contributed by atoms with E-state index in [1.54, 1.807) is 0 Å². The predicted octanol–water partition coefficient (Wildman–Crippen LogP) is 2.92. The van der Waals surface area contributed by atoms with Gasteiger partial charge in [0.2, 0.25) is 5.91 Å². The van der Waals surface area contributed by atoms with Crippen LogP contribution < -0.4 is 10.6 Å². The Kier molecular flexibility index (Phi) is 6.49. The van der Waals surface area contributed by atoms with E-state index >= 15 is 0 Å². The summed E-state index contributed by atoms with van der Waals surface area (Å²) in [6.45, 7) is 5.91. The molecule has 0 bridgehead atoms. The molecule has 3 nitrogen and oxygen atoms in total. The first-order chi connectivity index (χ1) is 8.96. The summed E-state index contributed by atoms with van der Waals surface area (Å²) in [7, 11) is 0.